The number of anilines is 2. The molecule has 0 aromatic heterocycles. The highest BCUT2D eigenvalue weighted by Crippen LogP contribution is 2.46. The van der Waals surface area contributed by atoms with Crippen LogP contribution in [-0.4, -0.2) is 8.42 Å². The van der Waals surface area contributed by atoms with Crippen molar-refractivity contribution in [3.63, 3.8) is 0 Å². The van der Waals surface area contributed by atoms with Gasteiger partial charge in [-0.2, -0.15) is 0 Å². The van der Waals surface area contributed by atoms with Gasteiger partial charge in [0.1, 0.15) is 0 Å². The molecule has 0 unspecified atom stereocenters. The molecule has 0 bridgehead atoms. The van der Waals surface area contributed by atoms with Crippen molar-refractivity contribution in [3.8, 4) is 11.1 Å². The van der Waals surface area contributed by atoms with Gasteiger partial charge in [-0.05, 0) is 48.2 Å². The first kappa shape index (κ1) is 15.9. The summed E-state index contributed by atoms with van der Waals surface area (Å²) in [6, 6.07) is 7.07. The van der Waals surface area contributed by atoms with Crippen molar-refractivity contribution < 1.29 is 8.42 Å². The molecular weight excluding hydrogens is 308 g/mol. The third kappa shape index (κ3) is 2.39. The molecular formula is C18H22N2O2S. The van der Waals surface area contributed by atoms with E-state index in [9.17, 15) is 8.42 Å². The highest BCUT2D eigenvalue weighted by Gasteiger charge is 2.34. The standard InChI is InChI=1S/C18H22N2O2S/c1-3-5-11-7-13-14-8-12(6-4-2)16(20)10-18(14)23(21,22)17(13)9-15(11)19/h7-10H,3-6,19-20H2,1-2H3. The maximum absolute atomic E-state index is 12.8. The van der Waals surface area contributed by atoms with E-state index >= 15 is 0 Å². The first-order valence-corrected chi connectivity index (χ1v) is 9.48. The third-order valence-corrected chi connectivity index (χ3v) is 6.22. The predicted octanol–water partition coefficient (Wildman–Crippen LogP) is 3.57. The molecule has 4 N–H and O–H groups in total. The van der Waals surface area contributed by atoms with E-state index in [-0.39, 0.29) is 0 Å². The summed E-state index contributed by atoms with van der Waals surface area (Å²) in [4.78, 5) is 0.607. The van der Waals surface area contributed by atoms with E-state index in [1.54, 1.807) is 12.1 Å². The molecule has 0 aliphatic carbocycles. The van der Waals surface area contributed by atoms with Crippen LogP contribution >= 0.6 is 0 Å². The zero-order chi connectivity index (χ0) is 16.8. The van der Waals surface area contributed by atoms with Crippen LogP contribution in [0.3, 0.4) is 0 Å². The largest absolute Gasteiger partial charge is 0.398 e. The lowest BCUT2D eigenvalue weighted by atomic mass is 9.96. The molecule has 0 saturated carbocycles. The molecule has 3 rings (SSSR count). The number of nitrogen functional groups attached to an aromatic ring is 2. The van der Waals surface area contributed by atoms with Gasteiger partial charge in [0.2, 0.25) is 9.84 Å². The molecule has 4 nitrogen and oxygen atoms in total. The molecule has 23 heavy (non-hydrogen) atoms. The minimum atomic E-state index is -3.53. The molecule has 0 saturated heterocycles. The Morgan fingerprint density at radius 1 is 0.783 bits per heavy atom. The van der Waals surface area contributed by atoms with Gasteiger partial charge in [-0.15, -0.1) is 0 Å². The van der Waals surface area contributed by atoms with Crippen LogP contribution in [-0.2, 0) is 22.7 Å². The Labute approximate surface area is 137 Å². The highest BCUT2D eigenvalue weighted by atomic mass is 32.2. The number of fused-ring (bicyclic) bond motifs is 3. The minimum absolute atomic E-state index is 0.304. The van der Waals surface area contributed by atoms with Crippen LogP contribution in [0.1, 0.15) is 37.8 Å². The first-order valence-electron chi connectivity index (χ1n) is 8.00. The molecule has 2 aromatic rings. The zero-order valence-electron chi connectivity index (χ0n) is 13.5. The normalized spacial score (nSPS) is 14.5. The SMILES string of the molecule is CCCc1cc2c(cc1N)S(=O)(=O)c1cc(N)c(CCC)cc1-2. The molecule has 5 heteroatoms. The number of rotatable bonds is 4. The number of aryl methyl sites for hydroxylation is 2. The molecule has 0 atom stereocenters. The molecule has 0 spiro atoms. The molecule has 1 aliphatic rings. The summed E-state index contributed by atoms with van der Waals surface area (Å²) in [5.41, 5.74) is 16.7. The Balaban J connectivity index is 2.29. The number of benzene rings is 2. The number of hydrogen-bond donors (Lipinski definition) is 2. The van der Waals surface area contributed by atoms with Crippen LogP contribution in [0.25, 0.3) is 11.1 Å². The summed E-state index contributed by atoms with van der Waals surface area (Å²) in [6.07, 6.45) is 3.60. The zero-order valence-corrected chi connectivity index (χ0v) is 14.3. The monoisotopic (exact) mass is 330 g/mol. The van der Waals surface area contributed by atoms with Gasteiger partial charge < -0.3 is 11.5 Å². The molecule has 0 amide bonds. The summed E-state index contributed by atoms with van der Waals surface area (Å²) in [6.45, 7) is 4.16. The van der Waals surface area contributed by atoms with Crippen LogP contribution < -0.4 is 11.5 Å². The lowest BCUT2D eigenvalue weighted by Crippen LogP contribution is -2.01. The maximum atomic E-state index is 12.8. The molecule has 1 aliphatic heterocycles. The fraction of sp³-hybridized carbons (Fsp3) is 0.333. The smallest absolute Gasteiger partial charge is 0.207 e. The molecule has 122 valence electrons. The van der Waals surface area contributed by atoms with Crippen LogP contribution in [0, 0.1) is 0 Å². The van der Waals surface area contributed by atoms with E-state index in [2.05, 4.69) is 13.8 Å². The van der Waals surface area contributed by atoms with Gasteiger partial charge >= 0.3 is 0 Å². The minimum Gasteiger partial charge on any atom is -0.398 e. The van der Waals surface area contributed by atoms with Crippen molar-refractivity contribution in [2.24, 2.45) is 0 Å². The van der Waals surface area contributed by atoms with Gasteiger partial charge in [-0.1, -0.05) is 26.7 Å². The lowest BCUT2D eigenvalue weighted by molar-refractivity contribution is 0.598. The van der Waals surface area contributed by atoms with Crippen molar-refractivity contribution in [1.82, 2.24) is 0 Å². The van der Waals surface area contributed by atoms with Gasteiger partial charge in [0.05, 0.1) is 9.79 Å². The van der Waals surface area contributed by atoms with Crippen molar-refractivity contribution in [2.75, 3.05) is 11.5 Å². The second-order valence-corrected chi connectivity index (χ2v) is 7.98. The highest BCUT2D eigenvalue weighted by molar-refractivity contribution is 7.92. The predicted molar refractivity (Wildman–Crippen MR) is 94.1 cm³/mol. The molecule has 2 aromatic carbocycles. The summed E-state index contributed by atoms with van der Waals surface area (Å²) in [5, 5.41) is 0. The van der Waals surface area contributed by atoms with Crippen molar-refractivity contribution in [2.45, 2.75) is 49.3 Å². The van der Waals surface area contributed by atoms with E-state index in [1.807, 2.05) is 12.1 Å². The van der Waals surface area contributed by atoms with E-state index in [0.29, 0.717) is 21.2 Å². The summed E-state index contributed by atoms with van der Waals surface area (Å²) in [7, 11) is -3.53. The van der Waals surface area contributed by atoms with E-state index < -0.39 is 9.84 Å². The van der Waals surface area contributed by atoms with Gasteiger partial charge in [-0.25, -0.2) is 8.42 Å². The Morgan fingerprint density at radius 2 is 1.17 bits per heavy atom. The fourth-order valence-corrected chi connectivity index (χ4v) is 4.95. The molecule has 0 radical (unpaired) electrons. The van der Waals surface area contributed by atoms with Gasteiger partial charge in [-0.3, -0.25) is 0 Å². The lowest BCUT2D eigenvalue weighted by Gasteiger charge is -2.09. The number of hydrogen-bond acceptors (Lipinski definition) is 4. The first-order chi connectivity index (χ1) is 10.9. The second-order valence-electron chi connectivity index (χ2n) is 6.10. The quantitative estimate of drug-likeness (QED) is 0.716. The van der Waals surface area contributed by atoms with Crippen molar-refractivity contribution in [1.29, 1.82) is 0 Å². The van der Waals surface area contributed by atoms with Crippen molar-refractivity contribution >= 4 is 21.2 Å². The fourth-order valence-electron chi connectivity index (χ4n) is 3.24. The Bertz CT molecular complexity index is 819. The van der Waals surface area contributed by atoms with Gasteiger partial charge in [0.25, 0.3) is 0 Å². The van der Waals surface area contributed by atoms with Gasteiger partial charge in [0, 0.05) is 22.5 Å². The van der Waals surface area contributed by atoms with Crippen molar-refractivity contribution in [3.05, 3.63) is 35.4 Å². The topological polar surface area (TPSA) is 86.2 Å². The average molecular weight is 330 g/mol. The summed E-state index contributed by atoms with van der Waals surface area (Å²) >= 11 is 0. The second kappa shape index (κ2) is 5.57. The Morgan fingerprint density at radius 3 is 1.52 bits per heavy atom. The van der Waals surface area contributed by atoms with Crippen LogP contribution in [0.2, 0.25) is 0 Å². The van der Waals surface area contributed by atoms with Crippen LogP contribution in [0.15, 0.2) is 34.1 Å². The maximum Gasteiger partial charge on any atom is 0.207 e. The average Bonchev–Trinajstić information content (AvgIpc) is 2.69. The van der Waals surface area contributed by atoms with Crippen LogP contribution in [0.4, 0.5) is 11.4 Å². The van der Waals surface area contributed by atoms with Gasteiger partial charge in [0.15, 0.2) is 0 Å². The summed E-state index contributed by atoms with van der Waals surface area (Å²) < 4.78 is 25.6. The Hall–Kier alpha value is -2.01. The van der Waals surface area contributed by atoms with E-state index in [4.69, 9.17) is 11.5 Å². The van der Waals surface area contributed by atoms with Crippen LogP contribution in [0.5, 0.6) is 0 Å². The molecule has 0 fully saturated rings. The Kier molecular flexibility index (Phi) is 3.84. The number of sulfone groups is 1. The summed E-state index contributed by atoms with van der Waals surface area (Å²) in [5.74, 6) is 0. The third-order valence-electron chi connectivity index (χ3n) is 4.39. The van der Waals surface area contributed by atoms with E-state index in [1.165, 1.54) is 0 Å². The van der Waals surface area contributed by atoms with E-state index in [0.717, 1.165) is 47.9 Å². The molecule has 1 heterocycles. The number of nitrogens with two attached hydrogens (primary N) is 2.